The normalized spacial score (nSPS) is 13.3. The second-order valence-electron chi connectivity index (χ2n) is 4.36. The van der Waals surface area contributed by atoms with Crippen LogP contribution in [0, 0.1) is 0 Å². The molecule has 116 valence electrons. The molecule has 7 heteroatoms. The Kier molecular flexibility index (Phi) is 6.13. The van der Waals surface area contributed by atoms with E-state index in [-0.39, 0.29) is 29.8 Å². The number of rotatable bonds is 6. The van der Waals surface area contributed by atoms with E-state index in [1.165, 1.54) is 25.3 Å². The van der Waals surface area contributed by atoms with E-state index < -0.39 is 24.1 Å². The molecule has 0 aliphatic rings. The number of anilines is 1. The lowest BCUT2D eigenvalue weighted by Gasteiger charge is -2.18. The summed E-state index contributed by atoms with van der Waals surface area (Å²) in [5.41, 5.74) is 6.17. The molecule has 0 bridgehead atoms. The maximum atomic E-state index is 11.5. The van der Waals surface area contributed by atoms with Gasteiger partial charge in [0.15, 0.2) is 0 Å². The standard InChI is InChI=1S/C14H19NO6/c1-3-21-12(17)7-11(16)13(18)8-4-5-10(15)9(6-8)14(19)20-2/h4-6,11,13,16,18H,3,7,15H2,1-2H3. The Labute approximate surface area is 122 Å². The van der Waals surface area contributed by atoms with Crippen molar-refractivity contribution in [2.45, 2.75) is 25.6 Å². The third kappa shape index (κ3) is 4.44. The molecule has 0 heterocycles. The largest absolute Gasteiger partial charge is 0.466 e. The van der Waals surface area contributed by atoms with Crippen molar-refractivity contribution in [3.8, 4) is 0 Å². The highest BCUT2D eigenvalue weighted by Gasteiger charge is 2.23. The molecular weight excluding hydrogens is 278 g/mol. The second-order valence-corrected chi connectivity index (χ2v) is 4.36. The number of ether oxygens (including phenoxy) is 2. The van der Waals surface area contributed by atoms with Crippen LogP contribution in [0.15, 0.2) is 18.2 Å². The lowest BCUT2D eigenvalue weighted by atomic mass is 9.99. The van der Waals surface area contributed by atoms with E-state index in [0.717, 1.165) is 0 Å². The average Bonchev–Trinajstić information content (AvgIpc) is 2.46. The van der Waals surface area contributed by atoms with Crippen LogP contribution in [-0.2, 0) is 14.3 Å². The third-order valence-electron chi connectivity index (χ3n) is 2.87. The van der Waals surface area contributed by atoms with Gasteiger partial charge >= 0.3 is 11.9 Å². The quantitative estimate of drug-likeness (QED) is 0.513. The summed E-state index contributed by atoms with van der Waals surface area (Å²) >= 11 is 0. The molecule has 0 fully saturated rings. The number of nitrogen functional groups attached to an aromatic ring is 1. The monoisotopic (exact) mass is 297 g/mol. The van der Waals surface area contributed by atoms with Crippen molar-refractivity contribution >= 4 is 17.6 Å². The molecule has 1 rings (SSSR count). The van der Waals surface area contributed by atoms with E-state index in [2.05, 4.69) is 4.74 Å². The number of carbonyl (C=O) groups excluding carboxylic acids is 2. The van der Waals surface area contributed by atoms with Crippen molar-refractivity contribution in [3.63, 3.8) is 0 Å². The van der Waals surface area contributed by atoms with Gasteiger partial charge in [0.25, 0.3) is 0 Å². The molecule has 4 N–H and O–H groups in total. The van der Waals surface area contributed by atoms with E-state index in [0.29, 0.717) is 0 Å². The third-order valence-corrected chi connectivity index (χ3v) is 2.87. The Bertz CT molecular complexity index is 516. The summed E-state index contributed by atoms with van der Waals surface area (Å²) in [7, 11) is 1.21. The maximum absolute atomic E-state index is 11.5. The molecule has 1 aromatic rings. The zero-order valence-electron chi connectivity index (χ0n) is 11.9. The lowest BCUT2D eigenvalue weighted by Crippen LogP contribution is -2.23. The number of benzene rings is 1. The topological polar surface area (TPSA) is 119 Å². The fourth-order valence-corrected chi connectivity index (χ4v) is 1.77. The molecule has 2 unspecified atom stereocenters. The summed E-state index contributed by atoms with van der Waals surface area (Å²) in [5, 5.41) is 19.9. The van der Waals surface area contributed by atoms with Crippen molar-refractivity contribution in [2.24, 2.45) is 0 Å². The van der Waals surface area contributed by atoms with E-state index in [9.17, 15) is 19.8 Å². The molecule has 1 aromatic carbocycles. The summed E-state index contributed by atoms with van der Waals surface area (Å²) in [5.74, 6) is -1.27. The molecule has 7 nitrogen and oxygen atoms in total. The van der Waals surface area contributed by atoms with Gasteiger partial charge < -0.3 is 25.4 Å². The summed E-state index contributed by atoms with van der Waals surface area (Å²) in [6, 6.07) is 4.20. The summed E-state index contributed by atoms with van der Waals surface area (Å²) in [6.45, 7) is 1.83. The average molecular weight is 297 g/mol. The molecule has 0 radical (unpaired) electrons. The summed E-state index contributed by atoms with van der Waals surface area (Å²) in [4.78, 5) is 22.8. The SMILES string of the molecule is CCOC(=O)CC(O)C(O)c1ccc(N)c(C(=O)OC)c1. The Balaban J connectivity index is 2.89. The number of hydrogen-bond acceptors (Lipinski definition) is 7. The van der Waals surface area contributed by atoms with Gasteiger partial charge in [-0.1, -0.05) is 6.07 Å². The van der Waals surface area contributed by atoms with E-state index in [4.69, 9.17) is 10.5 Å². The first-order chi connectivity index (χ1) is 9.90. The van der Waals surface area contributed by atoms with Crippen LogP contribution in [0.1, 0.15) is 35.4 Å². The predicted molar refractivity (Wildman–Crippen MR) is 74.4 cm³/mol. The number of esters is 2. The van der Waals surface area contributed by atoms with E-state index >= 15 is 0 Å². The number of carbonyl (C=O) groups is 2. The minimum absolute atomic E-state index is 0.0809. The van der Waals surface area contributed by atoms with Crippen LogP contribution in [0.25, 0.3) is 0 Å². The number of aliphatic hydroxyl groups excluding tert-OH is 2. The van der Waals surface area contributed by atoms with Gasteiger partial charge in [-0.3, -0.25) is 4.79 Å². The lowest BCUT2D eigenvalue weighted by molar-refractivity contribution is -0.147. The van der Waals surface area contributed by atoms with Crippen LogP contribution >= 0.6 is 0 Å². The Morgan fingerprint density at radius 1 is 1.33 bits per heavy atom. The van der Waals surface area contributed by atoms with Crippen LogP contribution in [-0.4, -0.2) is 42.0 Å². The first kappa shape index (κ1) is 16.9. The van der Waals surface area contributed by atoms with Crippen molar-refractivity contribution in [1.29, 1.82) is 0 Å². The van der Waals surface area contributed by atoms with Gasteiger partial charge in [0.2, 0.25) is 0 Å². The van der Waals surface area contributed by atoms with Crippen molar-refractivity contribution < 1.29 is 29.3 Å². The van der Waals surface area contributed by atoms with E-state index in [1.807, 2.05) is 0 Å². The van der Waals surface area contributed by atoms with Gasteiger partial charge in [0.1, 0.15) is 6.10 Å². The molecule has 0 saturated heterocycles. The molecule has 0 saturated carbocycles. The number of nitrogens with two attached hydrogens (primary N) is 1. The fraction of sp³-hybridized carbons (Fsp3) is 0.429. The molecule has 21 heavy (non-hydrogen) atoms. The maximum Gasteiger partial charge on any atom is 0.339 e. The van der Waals surface area contributed by atoms with Crippen LogP contribution < -0.4 is 5.73 Å². The van der Waals surface area contributed by atoms with Gasteiger partial charge in [0, 0.05) is 5.69 Å². The molecule has 0 aromatic heterocycles. The van der Waals surface area contributed by atoms with Gasteiger partial charge in [-0.15, -0.1) is 0 Å². The second kappa shape index (κ2) is 7.61. The Morgan fingerprint density at radius 3 is 2.57 bits per heavy atom. The Hall–Kier alpha value is -2.12. The van der Waals surface area contributed by atoms with Gasteiger partial charge in [0.05, 0.1) is 31.8 Å². The Morgan fingerprint density at radius 2 is 2.00 bits per heavy atom. The first-order valence-electron chi connectivity index (χ1n) is 6.40. The summed E-state index contributed by atoms with van der Waals surface area (Å²) < 4.78 is 9.26. The van der Waals surface area contributed by atoms with Crippen molar-refractivity contribution in [3.05, 3.63) is 29.3 Å². The number of hydrogen-bond donors (Lipinski definition) is 3. The van der Waals surface area contributed by atoms with Crippen LogP contribution in [0.3, 0.4) is 0 Å². The van der Waals surface area contributed by atoms with Gasteiger partial charge in [-0.25, -0.2) is 4.79 Å². The zero-order chi connectivity index (χ0) is 16.0. The molecular formula is C14H19NO6. The number of methoxy groups -OCH3 is 1. The fourth-order valence-electron chi connectivity index (χ4n) is 1.77. The molecule has 0 aliphatic heterocycles. The zero-order valence-corrected chi connectivity index (χ0v) is 11.9. The predicted octanol–water partition coefficient (Wildman–Crippen LogP) is 0.403. The minimum atomic E-state index is -1.35. The van der Waals surface area contributed by atoms with Crippen molar-refractivity contribution in [2.75, 3.05) is 19.5 Å². The molecule has 0 spiro atoms. The van der Waals surface area contributed by atoms with Crippen LogP contribution in [0.4, 0.5) is 5.69 Å². The van der Waals surface area contributed by atoms with E-state index in [1.54, 1.807) is 6.92 Å². The highest BCUT2D eigenvalue weighted by Crippen LogP contribution is 2.24. The minimum Gasteiger partial charge on any atom is -0.466 e. The van der Waals surface area contributed by atoms with Crippen molar-refractivity contribution in [1.82, 2.24) is 0 Å². The first-order valence-corrected chi connectivity index (χ1v) is 6.40. The van der Waals surface area contributed by atoms with Gasteiger partial charge in [-0.05, 0) is 24.6 Å². The van der Waals surface area contributed by atoms with Crippen LogP contribution in [0.2, 0.25) is 0 Å². The molecule has 0 amide bonds. The van der Waals surface area contributed by atoms with Crippen LogP contribution in [0.5, 0.6) is 0 Å². The smallest absolute Gasteiger partial charge is 0.339 e. The van der Waals surface area contributed by atoms with Gasteiger partial charge in [-0.2, -0.15) is 0 Å². The highest BCUT2D eigenvalue weighted by molar-refractivity contribution is 5.95. The summed E-state index contributed by atoms with van der Waals surface area (Å²) in [6.07, 6.45) is -3.05. The molecule has 0 aliphatic carbocycles. The number of aliphatic hydroxyl groups is 2. The molecule has 2 atom stereocenters. The highest BCUT2D eigenvalue weighted by atomic mass is 16.5.